The number of nitrogens with one attached hydrogen (secondary N) is 1. The molecule has 0 aliphatic heterocycles. The lowest BCUT2D eigenvalue weighted by Gasteiger charge is -2.23. The van der Waals surface area contributed by atoms with Gasteiger partial charge in [0.1, 0.15) is 6.54 Å². The topological polar surface area (TPSA) is 86.7 Å². The van der Waals surface area contributed by atoms with Crippen LogP contribution in [0.25, 0.3) is 0 Å². The van der Waals surface area contributed by atoms with Crippen LogP contribution in [0.15, 0.2) is 0 Å². The van der Waals surface area contributed by atoms with E-state index in [2.05, 4.69) is 5.32 Å². The second kappa shape index (κ2) is 8.55. The van der Waals surface area contributed by atoms with Gasteiger partial charge >= 0.3 is 5.97 Å². The van der Waals surface area contributed by atoms with Crippen LogP contribution in [-0.2, 0) is 14.4 Å². The van der Waals surface area contributed by atoms with Crippen LogP contribution in [0.1, 0.15) is 45.4 Å². The van der Waals surface area contributed by atoms with Crippen molar-refractivity contribution < 1.29 is 19.5 Å². The molecule has 1 aliphatic carbocycles. The molecule has 1 aliphatic rings. The largest absolute Gasteiger partial charge is 0.480 e. The SMILES string of the molecule is CCCN(CC(=O)O)C(=O)CNC(=O)C1CCCCC1. The third kappa shape index (κ3) is 5.59. The molecule has 0 saturated heterocycles. The number of amides is 2. The van der Waals surface area contributed by atoms with Gasteiger partial charge in [-0.3, -0.25) is 14.4 Å². The van der Waals surface area contributed by atoms with Gasteiger partial charge < -0.3 is 15.3 Å². The summed E-state index contributed by atoms with van der Waals surface area (Å²) in [7, 11) is 0. The molecule has 0 bridgehead atoms. The summed E-state index contributed by atoms with van der Waals surface area (Å²) < 4.78 is 0. The summed E-state index contributed by atoms with van der Waals surface area (Å²) in [6, 6.07) is 0. The van der Waals surface area contributed by atoms with Crippen molar-refractivity contribution in [2.45, 2.75) is 45.4 Å². The van der Waals surface area contributed by atoms with E-state index < -0.39 is 5.97 Å². The number of carbonyl (C=O) groups is 3. The van der Waals surface area contributed by atoms with E-state index in [-0.39, 0.29) is 30.8 Å². The van der Waals surface area contributed by atoms with Crippen molar-refractivity contribution >= 4 is 17.8 Å². The molecule has 0 aromatic rings. The van der Waals surface area contributed by atoms with Crippen LogP contribution in [-0.4, -0.2) is 47.4 Å². The first-order chi connectivity index (χ1) is 9.54. The van der Waals surface area contributed by atoms with Crippen LogP contribution in [0.3, 0.4) is 0 Å². The van der Waals surface area contributed by atoms with Gasteiger partial charge in [0.15, 0.2) is 0 Å². The van der Waals surface area contributed by atoms with Crippen molar-refractivity contribution in [3.8, 4) is 0 Å². The molecule has 2 amide bonds. The highest BCUT2D eigenvalue weighted by molar-refractivity contribution is 5.87. The minimum absolute atomic E-state index is 0.00986. The molecule has 0 heterocycles. The van der Waals surface area contributed by atoms with Crippen molar-refractivity contribution in [1.29, 1.82) is 0 Å². The molecule has 0 spiro atoms. The van der Waals surface area contributed by atoms with Crippen LogP contribution in [0, 0.1) is 5.92 Å². The first-order valence-corrected chi connectivity index (χ1v) is 7.31. The van der Waals surface area contributed by atoms with Gasteiger partial charge in [-0.05, 0) is 19.3 Å². The molecule has 1 saturated carbocycles. The second-order valence-corrected chi connectivity index (χ2v) is 5.26. The minimum atomic E-state index is -1.04. The number of nitrogens with zero attached hydrogens (tertiary/aromatic N) is 1. The van der Waals surface area contributed by atoms with Gasteiger partial charge in [-0.15, -0.1) is 0 Å². The monoisotopic (exact) mass is 284 g/mol. The molecule has 0 unspecified atom stereocenters. The van der Waals surface area contributed by atoms with Gasteiger partial charge in [0.2, 0.25) is 11.8 Å². The Balaban J connectivity index is 2.39. The molecule has 0 radical (unpaired) electrons. The molecule has 0 aromatic heterocycles. The normalized spacial score (nSPS) is 15.7. The average molecular weight is 284 g/mol. The molecule has 1 rings (SSSR count). The highest BCUT2D eigenvalue weighted by atomic mass is 16.4. The van der Waals surface area contributed by atoms with E-state index in [0.29, 0.717) is 13.0 Å². The average Bonchev–Trinajstić information content (AvgIpc) is 2.44. The third-order valence-electron chi connectivity index (χ3n) is 3.56. The zero-order chi connectivity index (χ0) is 15.0. The maximum Gasteiger partial charge on any atom is 0.323 e. The van der Waals surface area contributed by atoms with E-state index >= 15 is 0 Å². The van der Waals surface area contributed by atoms with Crippen LogP contribution in [0.2, 0.25) is 0 Å². The Morgan fingerprint density at radius 1 is 1.20 bits per heavy atom. The molecule has 2 N–H and O–H groups in total. The van der Waals surface area contributed by atoms with Gasteiger partial charge in [0.25, 0.3) is 0 Å². The van der Waals surface area contributed by atoms with Gasteiger partial charge in [-0.1, -0.05) is 26.2 Å². The zero-order valence-electron chi connectivity index (χ0n) is 12.1. The number of carboxylic acids is 1. The van der Waals surface area contributed by atoms with Gasteiger partial charge in [-0.2, -0.15) is 0 Å². The van der Waals surface area contributed by atoms with Crippen molar-refractivity contribution in [2.24, 2.45) is 5.92 Å². The number of rotatable bonds is 7. The summed E-state index contributed by atoms with van der Waals surface area (Å²) in [6.07, 6.45) is 5.75. The van der Waals surface area contributed by atoms with E-state index in [0.717, 1.165) is 25.7 Å². The van der Waals surface area contributed by atoms with Crippen molar-refractivity contribution in [2.75, 3.05) is 19.6 Å². The lowest BCUT2D eigenvalue weighted by Crippen LogP contribution is -2.44. The van der Waals surface area contributed by atoms with Crippen LogP contribution >= 0.6 is 0 Å². The molecular formula is C14H24N2O4. The van der Waals surface area contributed by atoms with E-state index in [9.17, 15) is 14.4 Å². The number of carboxylic acid groups (broad SMARTS) is 1. The maximum absolute atomic E-state index is 11.9. The van der Waals surface area contributed by atoms with Crippen molar-refractivity contribution in [3.05, 3.63) is 0 Å². The molecule has 6 heteroatoms. The number of carbonyl (C=O) groups excluding carboxylic acids is 2. The minimum Gasteiger partial charge on any atom is -0.480 e. The molecule has 6 nitrogen and oxygen atoms in total. The Labute approximate surface area is 119 Å². The summed E-state index contributed by atoms with van der Waals surface area (Å²) >= 11 is 0. The summed E-state index contributed by atoms with van der Waals surface area (Å²) in [5.41, 5.74) is 0. The maximum atomic E-state index is 11.9. The molecular weight excluding hydrogens is 260 g/mol. The van der Waals surface area contributed by atoms with E-state index in [1.54, 1.807) is 0 Å². The van der Waals surface area contributed by atoms with E-state index in [1.165, 1.54) is 11.3 Å². The Hall–Kier alpha value is -1.59. The Morgan fingerprint density at radius 2 is 1.85 bits per heavy atom. The Bertz CT molecular complexity index is 351. The molecule has 114 valence electrons. The summed E-state index contributed by atoms with van der Waals surface area (Å²) in [5, 5.41) is 11.4. The summed E-state index contributed by atoms with van der Waals surface area (Å²) in [4.78, 5) is 35.8. The standard InChI is InChI=1S/C14H24N2O4/c1-2-8-16(10-13(18)19)12(17)9-15-14(20)11-6-4-3-5-7-11/h11H,2-10H2,1H3,(H,15,20)(H,18,19). The third-order valence-corrected chi connectivity index (χ3v) is 3.56. The zero-order valence-corrected chi connectivity index (χ0v) is 12.1. The lowest BCUT2D eigenvalue weighted by atomic mass is 9.89. The molecule has 1 fully saturated rings. The first kappa shape index (κ1) is 16.5. The van der Waals surface area contributed by atoms with Crippen molar-refractivity contribution in [3.63, 3.8) is 0 Å². The number of hydrogen-bond acceptors (Lipinski definition) is 3. The molecule has 20 heavy (non-hydrogen) atoms. The highest BCUT2D eigenvalue weighted by Gasteiger charge is 2.22. The fourth-order valence-corrected chi connectivity index (χ4v) is 2.51. The first-order valence-electron chi connectivity index (χ1n) is 7.31. The fourth-order valence-electron chi connectivity index (χ4n) is 2.51. The van der Waals surface area contributed by atoms with E-state index in [1.807, 2.05) is 6.92 Å². The molecule has 0 atom stereocenters. The van der Waals surface area contributed by atoms with Crippen LogP contribution < -0.4 is 5.32 Å². The fraction of sp³-hybridized carbons (Fsp3) is 0.786. The van der Waals surface area contributed by atoms with Crippen molar-refractivity contribution in [1.82, 2.24) is 10.2 Å². The van der Waals surface area contributed by atoms with Crippen LogP contribution in [0.5, 0.6) is 0 Å². The quantitative estimate of drug-likeness (QED) is 0.730. The highest BCUT2D eigenvalue weighted by Crippen LogP contribution is 2.23. The van der Waals surface area contributed by atoms with Crippen LogP contribution in [0.4, 0.5) is 0 Å². The smallest absolute Gasteiger partial charge is 0.323 e. The number of aliphatic carboxylic acids is 1. The lowest BCUT2D eigenvalue weighted by molar-refractivity contribution is -0.144. The summed E-state index contributed by atoms with van der Waals surface area (Å²) in [5.74, 6) is -1.44. The summed E-state index contributed by atoms with van der Waals surface area (Å²) in [6.45, 7) is 1.85. The second-order valence-electron chi connectivity index (χ2n) is 5.26. The van der Waals surface area contributed by atoms with E-state index in [4.69, 9.17) is 5.11 Å². The predicted octanol–water partition coefficient (Wildman–Crippen LogP) is 1.01. The molecule has 0 aromatic carbocycles. The van der Waals surface area contributed by atoms with Gasteiger partial charge in [0, 0.05) is 12.5 Å². The Morgan fingerprint density at radius 3 is 2.40 bits per heavy atom. The number of hydrogen-bond donors (Lipinski definition) is 2. The van der Waals surface area contributed by atoms with Gasteiger partial charge in [0.05, 0.1) is 6.54 Å². The van der Waals surface area contributed by atoms with Gasteiger partial charge in [-0.25, -0.2) is 0 Å². The predicted molar refractivity (Wildman–Crippen MR) is 74.1 cm³/mol. The Kier molecular flexibility index (Phi) is 7.04.